The third kappa shape index (κ3) is 5.26. The molecule has 0 radical (unpaired) electrons. The number of hydrogen-bond donors (Lipinski definition) is 1. The van der Waals surface area contributed by atoms with Gasteiger partial charge in [-0.15, -0.1) is 0 Å². The van der Waals surface area contributed by atoms with Crippen LogP contribution in [0.3, 0.4) is 0 Å². The summed E-state index contributed by atoms with van der Waals surface area (Å²) in [6, 6.07) is 14.3. The second-order valence-corrected chi connectivity index (χ2v) is 7.39. The van der Waals surface area contributed by atoms with Crippen molar-refractivity contribution in [2.24, 2.45) is 0 Å². The van der Waals surface area contributed by atoms with Crippen LogP contribution in [0.5, 0.6) is 11.5 Å². The van der Waals surface area contributed by atoms with Gasteiger partial charge >= 0.3 is 0 Å². The molecule has 2 aromatic rings. The van der Waals surface area contributed by atoms with Gasteiger partial charge in [-0.3, -0.25) is 9.69 Å². The van der Waals surface area contributed by atoms with Crippen molar-refractivity contribution in [3.05, 3.63) is 59.2 Å². The Morgan fingerprint density at radius 2 is 1.82 bits per heavy atom. The predicted molar refractivity (Wildman–Crippen MR) is 111 cm³/mol. The molecule has 1 aliphatic heterocycles. The Kier molecular flexibility index (Phi) is 6.93. The number of benzene rings is 2. The van der Waals surface area contributed by atoms with E-state index in [1.165, 1.54) is 18.4 Å². The Bertz CT molecular complexity index is 783. The smallest absolute Gasteiger partial charge is 0.258 e. The second kappa shape index (κ2) is 9.60. The fourth-order valence-electron chi connectivity index (χ4n) is 3.60. The van der Waals surface area contributed by atoms with Gasteiger partial charge in [0, 0.05) is 6.54 Å². The minimum atomic E-state index is -0.0985. The summed E-state index contributed by atoms with van der Waals surface area (Å²) in [7, 11) is 1.67. The molecule has 1 amide bonds. The third-order valence-corrected chi connectivity index (χ3v) is 5.28. The van der Waals surface area contributed by atoms with Crippen LogP contribution in [-0.2, 0) is 4.79 Å². The summed E-state index contributed by atoms with van der Waals surface area (Å²) in [5.74, 6) is 1.51. The third-order valence-electron chi connectivity index (χ3n) is 5.28. The molecule has 0 aliphatic carbocycles. The van der Waals surface area contributed by atoms with E-state index in [9.17, 15) is 4.79 Å². The van der Waals surface area contributed by atoms with Crippen LogP contribution in [0.15, 0.2) is 42.5 Å². The number of rotatable bonds is 8. The lowest BCUT2D eigenvalue weighted by molar-refractivity contribution is -0.123. The lowest BCUT2D eigenvalue weighted by Crippen LogP contribution is -2.38. The molecule has 1 atom stereocenters. The summed E-state index contributed by atoms with van der Waals surface area (Å²) in [5, 5.41) is 3.05. The van der Waals surface area contributed by atoms with Gasteiger partial charge in [0.1, 0.15) is 11.5 Å². The standard InChI is InChI=1S/C23H30N2O3/c1-17-6-7-18(2)22(14-17)28-16-23(26)24-15-21(25-12-4-5-13-25)19-8-10-20(27-3)11-9-19/h6-11,14,21H,4-5,12-13,15-16H2,1-3H3,(H,24,26). The molecular weight excluding hydrogens is 352 g/mol. The number of nitrogens with one attached hydrogen (secondary N) is 1. The molecule has 2 aromatic carbocycles. The first-order valence-corrected chi connectivity index (χ1v) is 9.91. The van der Waals surface area contributed by atoms with Gasteiger partial charge in [-0.05, 0) is 74.7 Å². The Morgan fingerprint density at radius 1 is 1.11 bits per heavy atom. The van der Waals surface area contributed by atoms with Gasteiger partial charge in [0.25, 0.3) is 5.91 Å². The second-order valence-electron chi connectivity index (χ2n) is 7.39. The molecule has 0 saturated carbocycles. The summed E-state index contributed by atoms with van der Waals surface area (Å²) in [5.41, 5.74) is 3.35. The van der Waals surface area contributed by atoms with E-state index in [0.29, 0.717) is 6.54 Å². The number of carbonyl (C=O) groups excluding carboxylic acids is 1. The maximum Gasteiger partial charge on any atom is 0.258 e. The van der Waals surface area contributed by atoms with E-state index < -0.39 is 0 Å². The van der Waals surface area contributed by atoms with Crippen LogP contribution in [-0.4, -0.2) is 44.2 Å². The van der Waals surface area contributed by atoms with E-state index in [2.05, 4.69) is 22.3 Å². The maximum absolute atomic E-state index is 12.4. The fourth-order valence-corrected chi connectivity index (χ4v) is 3.60. The summed E-state index contributed by atoms with van der Waals surface area (Å²) >= 11 is 0. The van der Waals surface area contributed by atoms with Gasteiger partial charge in [-0.2, -0.15) is 0 Å². The highest BCUT2D eigenvalue weighted by Crippen LogP contribution is 2.26. The first kappa shape index (κ1) is 20.2. The zero-order chi connectivity index (χ0) is 19.9. The molecule has 1 saturated heterocycles. The van der Waals surface area contributed by atoms with Crippen molar-refractivity contribution < 1.29 is 14.3 Å². The highest BCUT2D eigenvalue weighted by atomic mass is 16.5. The van der Waals surface area contributed by atoms with Crippen LogP contribution in [0.4, 0.5) is 0 Å². The molecule has 3 rings (SSSR count). The van der Waals surface area contributed by atoms with E-state index in [1.807, 2.05) is 44.2 Å². The van der Waals surface area contributed by atoms with Crippen molar-refractivity contribution in [1.29, 1.82) is 0 Å². The molecule has 28 heavy (non-hydrogen) atoms. The topological polar surface area (TPSA) is 50.8 Å². The van der Waals surface area contributed by atoms with Crippen molar-refractivity contribution in [2.45, 2.75) is 32.7 Å². The zero-order valence-electron chi connectivity index (χ0n) is 17.0. The average molecular weight is 383 g/mol. The van der Waals surface area contributed by atoms with Gasteiger partial charge in [-0.25, -0.2) is 0 Å². The molecule has 1 fully saturated rings. The molecule has 150 valence electrons. The Balaban J connectivity index is 1.59. The van der Waals surface area contributed by atoms with E-state index in [4.69, 9.17) is 9.47 Å². The van der Waals surface area contributed by atoms with Gasteiger partial charge < -0.3 is 14.8 Å². The predicted octanol–water partition coefficient (Wildman–Crippen LogP) is 3.64. The number of amides is 1. The molecule has 1 heterocycles. The van der Waals surface area contributed by atoms with Gasteiger partial charge in [0.2, 0.25) is 0 Å². The first-order valence-electron chi connectivity index (χ1n) is 9.91. The molecule has 1 aliphatic rings. The summed E-state index contributed by atoms with van der Waals surface area (Å²) < 4.78 is 11.0. The molecular formula is C23H30N2O3. The summed E-state index contributed by atoms with van der Waals surface area (Å²) in [4.78, 5) is 14.8. The fraction of sp³-hybridized carbons (Fsp3) is 0.435. The van der Waals surface area contributed by atoms with Crippen molar-refractivity contribution in [2.75, 3.05) is 33.4 Å². The molecule has 1 unspecified atom stereocenters. The maximum atomic E-state index is 12.4. The molecule has 5 nitrogen and oxygen atoms in total. The van der Waals surface area contributed by atoms with Crippen LogP contribution in [0, 0.1) is 13.8 Å². The Labute approximate surface area is 167 Å². The number of aryl methyl sites for hydroxylation is 2. The van der Waals surface area contributed by atoms with Crippen LogP contribution < -0.4 is 14.8 Å². The molecule has 0 spiro atoms. The van der Waals surface area contributed by atoms with Crippen molar-refractivity contribution >= 4 is 5.91 Å². The monoisotopic (exact) mass is 382 g/mol. The normalized spacial score (nSPS) is 15.2. The van der Waals surface area contributed by atoms with E-state index in [1.54, 1.807) is 7.11 Å². The van der Waals surface area contributed by atoms with Crippen molar-refractivity contribution in [3.63, 3.8) is 0 Å². The number of likely N-dealkylation sites (tertiary alicyclic amines) is 1. The quantitative estimate of drug-likeness (QED) is 0.757. The molecule has 0 aromatic heterocycles. The largest absolute Gasteiger partial charge is 0.497 e. The SMILES string of the molecule is COc1ccc(C(CNC(=O)COc2cc(C)ccc2C)N2CCCC2)cc1. The molecule has 1 N–H and O–H groups in total. The van der Waals surface area contributed by atoms with Gasteiger partial charge in [-0.1, -0.05) is 24.3 Å². The lowest BCUT2D eigenvalue weighted by atomic mass is 10.1. The zero-order valence-corrected chi connectivity index (χ0v) is 17.0. The minimum Gasteiger partial charge on any atom is -0.497 e. The average Bonchev–Trinajstić information content (AvgIpc) is 3.24. The number of ether oxygens (including phenoxy) is 2. The lowest BCUT2D eigenvalue weighted by Gasteiger charge is -2.28. The summed E-state index contributed by atoms with van der Waals surface area (Å²) in [6.07, 6.45) is 2.41. The van der Waals surface area contributed by atoms with Crippen LogP contribution >= 0.6 is 0 Å². The van der Waals surface area contributed by atoms with E-state index in [0.717, 1.165) is 35.7 Å². The molecule has 0 bridgehead atoms. The van der Waals surface area contributed by atoms with Crippen molar-refractivity contribution in [1.82, 2.24) is 10.2 Å². The number of methoxy groups -OCH3 is 1. The highest BCUT2D eigenvalue weighted by molar-refractivity contribution is 5.77. The van der Waals surface area contributed by atoms with E-state index in [-0.39, 0.29) is 18.6 Å². The number of nitrogens with zero attached hydrogens (tertiary/aromatic N) is 1. The number of hydrogen-bond acceptors (Lipinski definition) is 4. The Morgan fingerprint density at radius 3 is 2.50 bits per heavy atom. The van der Waals surface area contributed by atoms with Crippen LogP contribution in [0.2, 0.25) is 0 Å². The number of carbonyl (C=O) groups is 1. The Hall–Kier alpha value is -2.53. The van der Waals surface area contributed by atoms with Crippen molar-refractivity contribution in [3.8, 4) is 11.5 Å². The van der Waals surface area contributed by atoms with Gasteiger partial charge in [0.05, 0.1) is 13.2 Å². The van der Waals surface area contributed by atoms with Gasteiger partial charge in [0.15, 0.2) is 6.61 Å². The molecule has 5 heteroatoms. The summed E-state index contributed by atoms with van der Waals surface area (Å²) in [6.45, 7) is 6.72. The van der Waals surface area contributed by atoms with Crippen LogP contribution in [0.25, 0.3) is 0 Å². The van der Waals surface area contributed by atoms with E-state index >= 15 is 0 Å². The minimum absolute atomic E-state index is 0.0274. The first-order chi connectivity index (χ1) is 13.6. The highest BCUT2D eigenvalue weighted by Gasteiger charge is 2.24. The van der Waals surface area contributed by atoms with Crippen LogP contribution in [0.1, 0.15) is 35.6 Å².